The van der Waals surface area contributed by atoms with E-state index in [1.165, 1.54) is 0 Å². The zero-order valence-corrected chi connectivity index (χ0v) is 14.6. The molecular weight excluding hydrogens is 302 g/mol. The summed E-state index contributed by atoms with van der Waals surface area (Å²) >= 11 is 0. The van der Waals surface area contributed by atoms with Crippen molar-refractivity contribution in [1.29, 1.82) is 0 Å². The summed E-state index contributed by atoms with van der Waals surface area (Å²) in [5.41, 5.74) is 2.14. The zero-order chi connectivity index (χ0) is 16.9. The van der Waals surface area contributed by atoms with E-state index in [1.54, 1.807) is 0 Å². The van der Waals surface area contributed by atoms with Gasteiger partial charge in [0.15, 0.2) is 0 Å². The van der Waals surface area contributed by atoms with Gasteiger partial charge in [-0.3, -0.25) is 4.79 Å². The molecule has 2 heterocycles. The van der Waals surface area contributed by atoms with Crippen LogP contribution in [-0.2, 0) is 23.0 Å². The number of hydrogen-bond acceptors (Lipinski definition) is 3. The summed E-state index contributed by atoms with van der Waals surface area (Å²) in [4.78, 5) is 17.1. The van der Waals surface area contributed by atoms with Crippen LogP contribution >= 0.6 is 0 Å². The lowest BCUT2D eigenvalue weighted by molar-refractivity contribution is -0.130. The molecule has 2 atom stereocenters. The topological polar surface area (TPSA) is 56.2 Å². The molecule has 3 rings (SSSR count). The van der Waals surface area contributed by atoms with E-state index in [2.05, 4.69) is 27.9 Å². The molecule has 1 saturated heterocycles. The Morgan fingerprint density at radius 1 is 1.42 bits per heavy atom. The average molecular weight is 329 g/mol. The fraction of sp³-hybridized carbons (Fsp3) is 0.579. The molecule has 1 aromatic heterocycles. The first kappa shape index (κ1) is 17.0. The number of rotatable bonds is 6. The molecule has 0 spiro atoms. The second kappa shape index (κ2) is 7.79. The highest BCUT2D eigenvalue weighted by atomic mass is 16.5. The van der Waals surface area contributed by atoms with Crippen LogP contribution < -0.4 is 5.32 Å². The molecular formula is C19H27N3O2. The van der Waals surface area contributed by atoms with Gasteiger partial charge in [-0.25, -0.2) is 4.98 Å². The lowest BCUT2D eigenvalue weighted by atomic mass is 9.93. The van der Waals surface area contributed by atoms with Gasteiger partial charge in [-0.1, -0.05) is 25.5 Å². The molecule has 0 radical (unpaired) electrons. The van der Waals surface area contributed by atoms with E-state index in [0.717, 1.165) is 49.0 Å². The number of carbonyl (C=O) groups is 1. The minimum Gasteiger partial charge on any atom is -0.378 e. The van der Waals surface area contributed by atoms with Crippen LogP contribution in [0.3, 0.4) is 0 Å². The first-order valence-electron chi connectivity index (χ1n) is 8.98. The molecule has 0 bridgehead atoms. The van der Waals surface area contributed by atoms with Gasteiger partial charge in [0.2, 0.25) is 5.91 Å². The number of para-hydroxylation sites is 2. The molecule has 2 aromatic rings. The van der Waals surface area contributed by atoms with Crippen molar-refractivity contribution >= 4 is 16.9 Å². The van der Waals surface area contributed by atoms with Crippen molar-refractivity contribution in [3.63, 3.8) is 0 Å². The Morgan fingerprint density at radius 3 is 3.04 bits per heavy atom. The second-order valence-corrected chi connectivity index (χ2v) is 6.62. The third-order valence-electron chi connectivity index (χ3n) is 4.88. The molecule has 1 aliphatic rings. The van der Waals surface area contributed by atoms with Crippen LogP contribution in [0.25, 0.3) is 11.0 Å². The van der Waals surface area contributed by atoms with Crippen molar-refractivity contribution in [2.75, 3.05) is 13.2 Å². The van der Waals surface area contributed by atoms with Crippen molar-refractivity contribution in [2.45, 2.75) is 45.1 Å². The van der Waals surface area contributed by atoms with E-state index >= 15 is 0 Å². The van der Waals surface area contributed by atoms with Gasteiger partial charge >= 0.3 is 0 Å². The summed E-state index contributed by atoms with van der Waals surface area (Å²) in [6, 6.07) is 8.11. The molecule has 1 aliphatic heterocycles. The van der Waals surface area contributed by atoms with Crippen LogP contribution in [-0.4, -0.2) is 34.7 Å². The minimum absolute atomic E-state index is 0.0933. The van der Waals surface area contributed by atoms with Gasteiger partial charge in [-0.15, -0.1) is 0 Å². The maximum Gasteiger partial charge on any atom is 0.223 e. The fourth-order valence-corrected chi connectivity index (χ4v) is 3.50. The number of ether oxygens (including phenoxy) is 1. The van der Waals surface area contributed by atoms with Crippen LogP contribution in [0.15, 0.2) is 24.3 Å². The number of amides is 1. The number of benzene rings is 1. The molecule has 5 nitrogen and oxygen atoms in total. The lowest BCUT2D eigenvalue weighted by Crippen LogP contribution is -2.38. The fourth-order valence-electron chi connectivity index (χ4n) is 3.50. The quantitative estimate of drug-likeness (QED) is 0.886. The maximum absolute atomic E-state index is 12.4. The van der Waals surface area contributed by atoms with Crippen molar-refractivity contribution in [2.24, 2.45) is 13.0 Å². The number of aryl methyl sites for hydroxylation is 1. The summed E-state index contributed by atoms with van der Waals surface area (Å²) in [6.07, 6.45) is 4.83. The van der Waals surface area contributed by atoms with Gasteiger partial charge in [0.1, 0.15) is 5.82 Å². The van der Waals surface area contributed by atoms with Crippen LogP contribution in [0, 0.1) is 5.92 Å². The van der Waals surface area contributed by atoms with Gasteiger partial charge < -0.3 is 14.6 Å². The van der Waals surface area contributed by atoms with Gasteiger partial charge in [0, 0.05) is 32.5 Å². The molecule has 1 fully saturated rings. The molecule has 1 N–H and O–H groups in total. The van der Waals surface area contributed by atoms with Crippen molar-refractivity contribution < 1.29 is 9.53 Å². The normalized spacial score (nSPS) is 21.1. The Labute approximate surface area is 143 Å². The van der Waals surface area contributed by atoms with Crippen molar-refractivity contribution in [3.8, 4) is 0 Å². The highest BCUT2D eigenvalue weighted by molar-refractivity contribution is 5.79. The zero-order valence-electron chi connectivity index (χ0n) is 14.6. The van der Waals surface area contributed by atoms with E-state index in [-0.39, 0.29) is 17.9 Å². The molecule has 5 heteroatoms. The van der Waals surface area contributed by atoms with Crippen LogP contribution in [0.2, 0.25) is 0 Å². The highest BCUT2D eigenvalue weighted by Crippen LogP contribution is 2.23. The first-order valence-corrected chi connectivity index (χ1v) is 8.98. The van der Waals surface area contributed by atoms with Crippen LogP contribution in [0.5, 0.6) is 0 Å². The van der Waals surface area contributed by atoms with Crippen molar-refractivity contribution in [3.05, 3.63) is 30.1 Å². The van der Waals surface area contributed by atoms with Gasteiger partial charge in [-0.2, -0.15) is 0 Å². The Balaban J connectivity index is 1.52. The number of aromatic nitrogens is 2. The average Bonchev–Trinajstić information content (AvgIpc) is 2.92. The van der Waals surface area contributed by atoms with Gasteiger partial charge in [0.05, 0.1) is 17.1 Å². The maximum atomic E-state index is 12.4. The van der Waals surface area contributed by atoms with E-state index < -0.39 is 0 Å². The molecule has 24 heavy (non-hydrogen) atoms. The number of carbonyl (C=O) groups excluding carboxylic acids is 1. The summed E-state index contributed by atoms with van der Waals surface area (Å²) in [5.74, 6) is 1.27. The third-order valence-corrected chi connectivity index (χ3v) is 4.88. The third kappa shape index (κ3) is 3.78. The van der Waals surface area contributed by atoms with E-state index in [1.807, 2.05) is 25.2 Å². The summed E-state index contributed by atoms with van der Waals surface area (Å²) in [7, 11) is 2.03. The number of nitrogens with one attached hydrogen (secondary N) is 1. The second-order valence-electron chi connectivity index (χ2n) is 6.62. The molecule has 130 valence electrons. The van der Waals surface area contributed by atoms with Crippen LogP contribution in [0.4, 0.5) is 0 Å². The first-order chi connectivity index (χ1) is 11.7. The smallest absolute Gasteiger partial charge is 0.223 e. The largest absolute Gasteiger partial charge is 0.378 e. The number of nitrogens with zero attached hydrogens (tertiary/aromatic N) is 2. The minimum atomic E-state index is 0.0933. The Morgan fingerprint density at radius 2 is 2.25 bits per heavy atom. The van der Waals surface area contributed by atoms with Crippen molar-refractivity contribution in [1.82, 2.24) is 14.9 Å². The monoisotopic (exact) mass is 329 g/mol. The highest BCUT2D eigenvalue weighted by Gasteiger charge is 2.27. The van der Waals surface area contributed by atoms with E-state index in [9.17, 15) is 4.79 Å². The summed E-state index contributed by atoms with van der Waals surface area (Å²) < 4.78 is 7.83. The number of imidazole rings is 1. The standard InChI is InChI=1S/C19H27N3O2/c1-3-6-15-13-14(10-12-24-15)19(23)20-11-9-18-21-16-7-4-5-8-17(16)22(18)2/h4-5,7-8,14-15H,3,6,9-13H2,1-2H3,(H,20,23)/t14-,15+/m0/s1. The van der Waals surface area contributed by atoms with Gasteiger partial charge in [0.25, 0.3) is 0 Å². The van der Waals surface area contributed by atoms with Gasteiger partial charge in [-0.05, 0) is 31.4 Å². The predicted molar refractivity (Wildman–Crippen MR) is 94.8 cm³/mol. The SMILES string of the molecule is CCC[C@@H]1C[C@@H](C(=O)NCCc2nc3ccccc3n2C)CCO1. The molecule has 1 amide bonds. The Hall–Kier alpha value is -1.88. The van der Waals surface area contributed by atoms with E-state index in [4.69, 9.17) is 4.74 Å². The predicted octanol–water partition coefficient (Wildman–Crippen LogP) is 2.83. The lowest BCUT2D eigenvalue weighted by Gasteiger charge is -2.28. The molecule has 0 saturated carbocycles. The summed E-state index contributed by atoms with van der Waals surface area (Å²) in [6.45, 7) is 3.49. The summed E-state index contributed by atoms with van der Waals surface area (Å²) in [5, 5.41) is 3.09. The molecule has 0 aliphatic carbocycles. The number of hydrogen-bond donors (Lipinski definition) is 1. The Kier molecular flexibility index (Phi) is 5.51. The molecule has 1 aromatic carbocycles. The molecule has 0 unspecified atom stereocenters. The number of fused-ring (bicyclic) bond motifs is 1. The van der Waals surface area contributed by atoms with E-state index in [0.29, 0.717) is 13.2 Å². The van der Waals surface area contributed by atoms with Crippen LogP contribution in [0.1, 0.15) is 38.4 Å². The Bertz CT molecular complexity index is 693.